The number of hydrogen-bond donors (Lipinski definition) is 1. The van der Waals surface area contributed by atoms with Gasteiger partial charge in [-0.1, -0.05) is 13.8 Å². The minimum Gasteiger partial charge on any atom is -0.317 e. The summed E-state index contributed by atoms with van der Waals surface area (Å²) < 4.78 is 0. The van der Waals surface area contributed by atoms with Crippen LogP contribution in [0.5, 0.6) is 0 Å². The van der Waals surface area contributed by atoms with E-state index in [1.165, 1.54) is 51.9 Å². The van der Waals surface area contributed by atoms with E-state index < -0.39 is 0 Å². The Kier molecular flexibility index (Phi) is 6.09. The molecule has 0 aromatic rings. The van der Waals surface area contributed by atoms with Gasteiger partial charge in [0.1, 0.15) is 0 Å². The highest BCUT2D eigenvalue weighted by Gasteiger charge is 2.27. The standard InChI is InChI=1S/C13H26N2.ClH/c1-11(2)12-4-3-9-15(10-12)13-5-7-14-8-6-13;/h11-14H,3-10H2,1-2H3;1H. The van der Waals surface area contributed by atoms with Crippen molar-refractivity contribution in [3.63, 3.8) is 0 Å². The SMILES string of the molecule is CC(C)C1CCCN(C2CCNCC2)C1.Cl. The molecule has 0 saturated carbocycles. The third-order valence-corrected chi connectivity index (χ3v) is 4.26. The van der Waals surface area contributed by atoms with Crippen molar-refractivity contribution in [2.75, 3.05) is 26.2 Å². The lowest BCUT2D eigenvalue weighted by Crippen LogP contribution is -2.48. The first-order valence-electron chi connectivity index (χ1n) is 6.72. The van der Waals surface area contributed by atoms with Crippen LogP contribution < -0.4 is 5.32 Å². The van der Waals surface area contributed by atoms with Crippen molar-refractivity contribution < 1.29 is 0 Å². The van der Waals surface area contributed by atoms with Gasteiger partial charge in [-0.15, -0.1) is 12.4 Å². The summed E-state index contributed by atoms with van der Waals surface area (Å²) in [5.41, 5.74) is 0. The Hall–Kier alpha value is 0.210. The summed E-state index contributed by atoms with van der Waals surface area (Å²) in [6.07, 6.45) is 5.61. The summed E-state index contributed by atoms with van der Waals surface area (Å²) in [5, 5.41) is 3.46. The smallest absolute Gasteiger partial charge is 0.0119 e. The van der Waals surface area contributed by atoms with Gasteiger partial charge >= 0.3 is 0 Å². The maximum atomic E-state index is 3.46. The lowest BCUT2D eigenvalue weighted by Gasteiger charge is -2.41. The second-order valence-corrected chi connectivity index (χ2v) is 5.62. The number of hydrogen-bond acceptors (Lipinski definition) is 2. The van der Waals surface area contributed by atoms with Crippen LogP contribution in [0.25, 0.3) is 0 Å². The molecule has 2 saturated heterocycles. The van der Waals surface area contributed by atoms with Crippen molar-refractivity contribution in [1.29, 1.82) is 0 Å². The van der Waals surface area contributed by atoms with Crippen molar-refractivity contribution >= 4 is 12.4 Å². The quantitative estimate of drug-likeness (QED) is 0.806. The van der Waals surface area contributed by atoms with Crippen LogP contribution in [-0.4, -0.2) is 37.1 Å². The molecule has 2 rings (SSSR count). The lowest BCUT2D eigenvalue weighted by atomic mass is 9.86. The molecule has 0 aromatic heterocycles. The van der Waals surface area contributed by atoms with Gasteiger partial charge in [-0.3, -0.25) is 0 Å². The summed E-state index contributed by atoms with van der Waals surface area (Å²) in [7, 11) is 0. The highest BCUT2D eigenvalue weighted by molar-refractivity contribution is 5.85. The monoisotopic (exact) mass is 246 g/mol. The molecule has 2 nitrogen and oxygen atoms in total. The fourth-order valence-electron chi connectivity index (χ4n) is 3.09. The summed E-state index contributed by atoms with van der Waals surface area (Å²) >= 11 is 0. The van der Waals surface area contributed by atoms with Crippen molar-refractivity contribution in [1.82, 2.24) is 10.2 Å². The third-order valence-electron chi connectivity index (χ3n) is 4.26. The highest BCUT2D eigenvalue weighted by atomic mass is 35.5. The molecule has 0 bridgehead atoms. The van der Waals surface area contributed by atoms with Gasteiger partial charge < -0.3 is 10.2 Å². The van der Waals surface area contributed by atoms with E-state index in [4.69, 9.17) is 0 Å². The normalized spacial score (nSPS) is 29.1. The summed E-state index contributed by atoms with van der Waals surface area (Å²) in [6.45, 7) is 9.95. The zero-order valence-corrected chi connectivity index (χ0v) is 11.6. The molecular formula is C13H27ClN2. The number of likely N-dealkylation sites (tertiary alicyclic amines) is 1. The number of piperidine rings is 2. The maximum Gasteiger partial charge on any atom is 0.0119 e. The molecule has 0 amide bonds. The summed E-state index contributed by atoms with van der Waals surface area (Å²) in [5.74, 6) is 1.82. The van der Waals surface area contributed by atoms with E-state index in [9.17, 15) is 0 Å². The van der Waals surface area contributed by atoms with Gasteiger partial charge in [0, 0.05) is 12.6 Å². The van der Waals surface area contributed by atoms with Crippen LogP contribution in [0.2, 0.25) is 0 Å². The number of halogens is 1. The molecule has 2 fully saturated rings. The van der Waals surface area contributed by atoms with Gasteiger partial charge in [-0.25, -0.2) is 0 Å². The van der Waals surface area contributed by atoms with Gasteiger partial charge in [-0.05, 0) is 57.2 Å². The van der Waals surface area contributed by atoms with Gasteiger partial charge in [0.2, 0.25) is 0 Å². The Morgan fingerprint density at radius 3 is 2.44 bits per heavy atom. The molecule has 2 aliphatic rings. The molecule has 2 heterocycles. The Labute approximate surface area is 107 Å². The second-order valence-electron chi connectivity index (χ2n) is 5.62. The fourth-order valence-corrected chi connectivity index (χ4v) is 3.09. The zero-order chi connectivity index (χ0) is 10.7. The first-order chi connectivity index (χ1) is 7.27. The first-order valence-corrected chi connectivity index (χ1v) is 6.72. The largest absolute Gasteiger partial charge is 0.317 e. The third kappa shape index (κ3) is 3.61. The zero-order valence-electron chi connectivity index (χ0n) is 10.7. The predicted octanol–water partition coefficient (Wildman–Crippen LogP) is 2.53. The average molecular weight is 247 g/mol. The average Bonchev–Trinajstić information content (AvgIpc) is 2.30. The van der Waals surface area contributed by atoms with Crippen LogP contribution in [0, 0.1) is 11.8 Å². The molecule has 1 N–H and O–H groups in total. The van der Waals surface area contributed by atoms with Gasteiger partial charge in [-0.2, -0.15) is 0 Å². The summed E-state index contributed by atoms with van der Waals surface area (Å²) in [4.78, 5) is 2.77. The van der Waals surface area contributed by atoms with Crippen LogP contribution in [0.1, 0.15) is 39.5 Å². The molecule has 0 radical (unpaired) electrons. The van der Waals surface area contributed by atoms with E-state index in [0.29, 0.717) is 0 Å². The van der Waals surface area contributed by atoms with Gasteiger partial charge in [0.15, 0.2) is 0 Å². The Bertz CT molecular complexity index is 190. The fraction of sp³-hybridized carbons (Fsp3) is 1.00. The van der Waals surface area contributed by atoms with Crippen LogP contribution in [0.4, 0.5) is 0 Å². The molecule has 3 heteroatoms. The molecule has 2 aliphatic heterocycles. The second kappa shape index (κ2) is 6.83. The highest BCUT2D eigenvalue weighted by Crippen LogP contribution is 2.26. The van der Waals surface area contributed by atoms with E-state index in [-0.39, 0.29) is 12.4 Å². The topological polar surface area (TPSA) is 15.3 Å². The van der Waals surface area contributed by atoms with Crippen LogP contribution in [-0.2, 0) is 0 Å². The van der Waals surface area contributed by atoms with Crippen molar-refractivity contribution in [3.05, 3.63) is 0 Å². The van der Waals surface area contributed by atoms with E-state index in [1.807, 2.05) is 0 Å². The Morgan fingerprint density at radius 1 is 1.12 bits per heavy atom. The minimum absolute atomic E-state index is 0. The lowest BCUT2D eigenvalue weighted by molar-refractivity contribution is 0.0857. The molecule has 0 aliphatic carbocycles. The summed E-state index contributed by atoms with van der Waals surface area (Å²) in [6, 6.07) is 0.882. The molecule has 1 unspecified atom stereocenters. The number of rotatable bonds is 2. The first kappa shape index (κ1) is 14.3. The Balaban J connectivity index is 0.00000128. The van der Waals surface area contributed by atoms with E-state index in [0.717, 1.165) is 17.9 Å². The molecule has 16 heavy (non-hydrogen) atoms. The number of nitrogens with zero attached hydrogens (tertiary/aromatic N) is 1. The van der Waals surface area contributed by atoms with Gasteiger partial charge in [0.05, 0.1) is 0 Å². The van der Waals surface area contributed by atoms with E-state index in [2.05, 4.69) is 24.1 Å². The van der Waals surface area contributed by atoms with Crippen molar-refractivity contribution in [2.24, 2.45) is 11.8 Å². The molecule has 0 aromatic carbocycles. The molecule has 0 spiro atoms. The van der Waals surface area contributed by atoms with Gasteiger partial charge in [0.25, 0.3) is 0 Å². The molecular weight excluding hydrogens is 220 g/mol. The van der Waals surface area contributed by atoms with Crippen molar-refractivity contribution in [2.45, 2.75) is 45.6 Å². The van der Waals surface area contributed by atoms with E-state index in [1.54, 1.807) is 0 Å². The number of nitrogens with one attached hydrogen (secondary N) is 1. The maximum absolute atomic E-state index is 3.46. The van der Waals surface area contributed by atoms with Crippen LogP contribution >= 0.6 is 12.4 Å². The molecule has 96 valence electrons. The van der Waals surface area contributed by atoms with Crippen LogP contribution in [0.3, 0.4) is 0 Å². The minimum atomic E-state index is 0. The Morgan fingerprint density at radius 2 is 1.81 bits per heavy atom. The molecule has 1 atom stereocenters. The van der Waals surface area contributed by atoms with Crippen molar-refractivity contribution in [3.8, 4) is 0 Å². The van der Waals surface area contributed by atoms with Crippen LogP contribution in [0.15, 0.2) is 0 Å². The predicted molar refractivity (Wildman–Crippen MR) is 72.3 cm³/mol. The van der Waals surface area contributed by atoms with E-state index >= 15 is 0 Å².